The minimum absolute atomic E-state index is 0.149. The van der Waals surface area contributed by atoms with Crippen molar-refractivity contribution < 1.29 is 27.9 Å². The molecule has 0 aliphatic heterocycles. The van der Waals surface area contributed by atoms with Gasteiger partial charge in [0.15, 0.2) is 0 Å². The van der Waals surface area contributed by atoms with Gasteiger partial charge < -0.3 is 9.84 Å². The second-order valence-electron chi connectivity index (χ2n) is 4.97. The van der Waals surface area contributed by atoms with E-state index in [1.54, 1.807) is 6.92 Å². The van der Waals surface area contributed by atoms with E-state index in [0.717, 1.165) is 0 Å². The average molecular weight is 295 g/mol. The van der Waals surface area contributed by atoms with Gasteiger partial charge in [0, 0.05) is 6.42 Å². The lowest BCUT2D eigenvalue weighted by atomic mass is 10.2. The number of carboxylic acid groups (broad SMARTS) is 1. The Labute approximate surface area is 113 Å². The summed E-state index contributed by atoms with van der Waals surface area (Å²) in [5.41, 5.74) is 0. The molecule has 0 unspecified atom stereocenters. The molecule has 0 aliphatic rings. The van der Waals surface area contributed by atoms with Crippen LogP contribution >= 0.6 is 0 Å². The fourth-order valence-electron chi connectivity index (χ4n) is 1.09. The molecular weight excluding hydrogens is 274 g/mol. The van der Waals surface area contributed by atoms with Crippen molar-refractivity contribution in [2.24, 2.45) is 0 Å². The average Bonchev–Trinajstić information content (AvgIpc) is 2.22. The highest BCUT2D eigenvalue weighted by Gasteiger charge is 2.33. The molecule has 0 radical (unpaired) electrons. The van der Waals surface area contributed by atoms with E-state index >= 15 is 0 Å². The molecule has 0 saturated carbocycles. The Kier molecular flexibility index (Phi) is 6.44. The number of rotatable bonds is 7. The van der Waals surface area contributed by atoms with Crippen LogP contribution in [0.2, 0.25) is 0 Å². The van der Waals surface area contributed by atoms with Gasteiger partial charge in [-0.15, -0.1) is 0 Å². The van der Waals surface area contributed by atoms with Gasteiger partial charge >= 0.3 is 11.9 Å². The van der Waals surface area contributed by atoms with Gasteiger partial charge in [-0.25, -0.2) is 13.1 Å². The van der Waals surface area contributed by atoms with Crippen molar-refractivity contribution in [1.82, 2.24) is 4.72 Å². The number of carbonyl (C=O) groups is 2. The number of ether oxygens (including phenoxy) is 1. The maximum atomic E-state index is 11.8. The van der Waals surface area contributed by atoms with Crippen LogP contribution in [-0.2, 0) is 24.3 Å². The predicted octanol–water partition coefficient (Wildman–Crippen LogP) is 0.501. The van der Waals surface area contributed by atoms with Crippen LogP contribution < -0.4 is 4.72 Å². The normalized spacial score (nSPS) is 13.9. The van der Waals surface area contributed by atoms with Gasteiger partial charge in [0.1, 0.15) is 6.04 Å². The van der Waals surface area contributed by atoms with Crippen LogP contribution in [0.5, 0.6) is 0 Å². The van der Waals surface area contributed by atoms with Gasteiger partial charge in [0.2, 0.25) is 10.0 Å². The van der Waals surface area contributed by atoms with Gasteiger partial charge in [-0.1, -0.05) is 0 Å². The Hall–Kier alpha value is -1.15. The van der Waals surface area contributed by atoms with E-state index in [4.69, 9.17) is 5.11 Å². The lowest BCUT2D eigenvalue weighted by Crippen LogP contribution is -2.48. The van der Waals surface area contributed by atoms with Crippen LogP contribution in [0.25, 0.3) is 0 Å². The zero-order chi connectivity index (χ0) is 15.3. The van der Waals surface area contributed by atoms with Crippen molar-refractivity contribution in [3.8, 4) is 0 Å². The number of hydrogen-bond donors (Lipinski definition) is 2. The molecule has 0 aromatic carbocycles. The third-order valence-electron chi connectivity index (χ3n) is 2.34. The largest absolute Gasteiger partial charge is 0.480 e. The van der Waals surface area contributed by atoms with Crippen LogP contribution in [0.1, 0.15) is 40.5 Å². The Morgan fingerprint density at radius 1 is 1.32 bits per heavy atom. The molecule has 0 aromatic heterocycles. The van der Waals surface area contributed by atoms with Crippen LogP contribution in [0.3, 0.4) is 0 Å². The van der Waals surface area contributed by atoms with Crippen LogP contribution in [0.4, 0.5) is 0 Å². The highest BCUT2D eigenvalue weighted by atomic mass is 32.2. The highest BCUT2D eigenvalue weighted by Crippen LogP contribution is 2.15. The Bertz CT molecular complexity index is 423. The molecule has 0 heterocycles. The monoisotopic (exact) mass is 295 g/mol. The maximum Gasteiger partial charge on any atom is 0.321 e. The second-order valence-corrected chi connectivity index (χ2v) is 7.44. The Morgan fingerprint density at radius 2 is 1.84 bits per heavy atom. The molecule has 0 spiro atoms. The van der Waals surface area contributed by atoms with Gasteiger partial charge in [-0.05, 0) is 34.1 Å². The SMILES string of the molecule is CCOC(=O)CC[C@H](NS(=O)(=O)C(C)(C)C)C(=O)O. The van der Waals surface area contributed by atoms with Crippen LogP contribution in [0, 0.1) is 0 Å². The van der Waals surface area contributed by atoms with Crippen LogP contribution in [-0.4, -0.2) is 42.9 Å². The number of hydrogen-bond acceptors (Lipinski definition) is 5. The predicted molar refractivity (Wildman–Crippen MR) is 69.1 cm³/mol. The molecule has 7 nitrogen and oxygen atoms in total. The topological polar surface area (TPSA) is 110 Å². The highest BCUT2D eigenvalue weighted by molar-refractivity contribution is 7.90. The summed E-state index contributed by atoms with van der Waals surface area (Å²) in [5, 5.41) is 8.97. The molecule has 8 heteroatoms. The van der Waals surface area contributed by atoms with Crippen molar-refractivity contribution in [2.45, 2.75) is 51.3 Å². The molecule has 0 bridgehead atoms. The van der Waals surface area contributed by atoms with Gasteiger partial charge in [0.25, 0.3) is 0 Å². The summed E-state index contributed by atoms with van der Waals surface area (Å²) in [6.07, 6.45) is -0.305. The molecule has 0 saturated heterocycles. The molecule has 19 heavy (non-hydrogen) atoms. The molecule has 112 valence electrons. The molecule has 2 N–H and O–H groups in total. The van der Waals surface area contributed by atoms with E-state index in [2.05, 4.69) is 9.46 Å². The van der Waals surface area contributed by atoms with E-state index in [1.807, 2.05) is 0 Å². The van der Waals surface area contributed by atoms with E-state index in [0.29, 0.717) is 0 Å². The first-order valence-corrected chi connectivity index (χ1v) is 7.40. The first kappa shape index (κ1) is 17.8. The second kappa shape index (κ2) is 6.85. The molecule has 0 fully saturated rings. The fourth-order valence-corrected chi connectivity index (χ4v) is 2.04. The maximum absolute atomic E-state index is 11.8. The van der Waals surface area contributed by atoms with E-state index in [9.17, 15) is 18.0 Å². The third kappa shape index (κ3) is 6.02. The number of aliphatic carboxylic acids is 1. The Balaban J connectivity index is 4.70. The summed E-state index contributed by atoms with van der Waals surface area (Å²) in [4.78, 5) is 22.1. The van der Waals surface area contributed by atoms with Crippen molar-refractivity contribution >= 4 is 22.0 Å². The summed E-state index contributed by atoms with van der Waals surface area (Å²) in [6.45, 7) is 6.21. The van der Waals surface area contributed by atoms with E-state index in [1.165, 1.54) is 20.8 Å². The molecule has 1 atom stereocenters. The Morgan fingerprint density at radius 3 is 2.21 bits per heavy atom. The number of sulfonamides is 1. The first-order valence-electron chi connectivity index (χ1n) is 5.91. The molecular formula is C11H21NO6S. The number of nitrogens with one attached hydrogen (secondary N) is 1. The third-order valence-corrected chi connectivity index (χ3v) is 4.55. The fraction of sp³-hybridized carbons (Fsp3) is 0.818. The standard InChI is InChI=1S/C11H21NO6S/c1-5-18-9(13)7-6-8(10(14)15)12-19(16,17)11(2,3)4/h8,12H,5-7H2,1-4H3,(H,14,15)/t8-/m0/s1. The zero-order valence-corrected chi connectivity index (χ0v) is 12.4. The van der Waals surface area contributed by atoms with Gasteiger partial charge in [0.05, 0.1) is 11.4 Å². The molecule has 0 aromatic rings. The molecule has 0 rings (SSSR count). The summed E-state index contributed by atoms with van der Waals surface area (Å²) in [6, 6.07) is -1.34. The van der Waals surface area contributed by atoms with Crippen molar-refractivity contribution in [3.63, 3.8) is 0 Å². The number of esters is 1. The van der Waals surface area contributed by atoms with Crippen LogP contribution in [0.15, 0.2) is 0 Å². The number of carboxylic acids is 1. The first-order chi connectivity index (χ1) is 8.51. The van der Waals surface area contributed by atoms with Crippen molar-refractivity contribution in [2.75, 3.05) is 6.61 Å². The summed E-state index contributed by atoms with van der Waals surface area (Å²) < 4.78 is 29.3. The lowest BCUT2D eigenvalue weighted by molar-refractivity contribution is -0.144. The quantitative estimate of drug-likeness (QED) is 0.662. The summed E-state index contributed by atoms with van der Waals surface area (Å²) >= 11 is 0. The smallest absolute Gasteiger partial charge is 0.321 e. The number of carbonyl (C=O) groups excluding carboxylic acids is 1. The summed E-state index contributed by atoms with van der Waals surface area (Å²) in [7, 11) is -3.79. The molecule has 0 aliphatic carbocycles. The van der Waals surface area contributed by atoms with E-state index < -0.39 is 32.8 Å². The minimum Gasteiger partial charge on any atom is -0.480 e. The van der Waals surface area contributed by atoms with Gasteiger partial charge in [-0.2, -0.15) is 0 Å². The molecule has 0 amide bonds. The zero-order valence-electron chi connectivity index (χ0n) is 11.6. The minimum atomic E-state index is -3.79. The van der Waals surface area contributed by atoms with E-state index in [-0.39, 0.29) is 19.4 Å². The van der Waals surface area contributed by atoms with Gasteiger partial charge in [-0.3, -0.25) is 9.59 Å². The lowest BCUT2D eigenvalue weighted by Gasteiger charge is -2.23. The van der Waals surface area contributed by atoms with Crippen molar-refractivity contribution in [1.29, 1.82) is 0 Å². The van der Waals surface area contributed by atoms with Crippen molar-refractivity contribution in [3.05, 3.63) is 0 Å². The summed E-state index contributed by atoms with van der Waals surface area (Å²) in [5.74, 6) is -1.87.